The highest BCUT2D eigenvalue weighted by Crippen LogP contribution is 2.62. The average Bonchev–Trinajstić information content (AvgIpc) is 1.64. The van der Waals surface area contributed by atoms with Gasteiger partial charge in [0.25, 0.3) is 0 Å². The van der Waals surface area contributed by atoms with Gasteiger partial charge in [-0.05, 0) is 178 Å². The summed E-state index contributed by atoms with van der Waals surface area (Å²) in [7, 11) is 0. The van der Waals surface area contributed by atoms with Gasteiger partial charge in [-0.15, -0.1) is 6.58 Å². The number of hydrogen-bond acceptors (Lipinski definition) is 3. The van der Waals surface area contributed by atoms with Crippen LogP contribution in [-0.4, -0.2) is 0 Å². The number of rotatable bonds is 12. The van der Waals surface area contributed by atoms with Gasteiger partial charge in [0.2, 0.25) is 0 Å². The number of nitrogens with zero attached hydrogens (tertiary/aromatic N) is 2. The molecule has 3 unspecified atom stereocenters. The number of benzene rings is 9. The first-order valence-electron chi connectivity index (χ1n) is 29.1. The SMILES string of the molecule is C=CC1=CC=C(C2(c3ccccc3)C3=C(C=CCC3)c3ccc(N(c4ccc(F)cc4F)c4cccc5oc6cccc(N(c7ccc8c(c7)C(C7=CCC(C=C)C=C7)(c7ccccc7)c7ccccc7-8)c7ccc(F)cc7F)c6c45)cc32)CC1. The molecule has 0 fully saturated rings. The molecule has 0 bridgehead atoms. The molecule has 1 heterocycles. The summed E-state index contributed by atoms with van der Waals surface area (Å²) in [4.78, 5) is 3.71. The van der Waals surface area contributed by atoms with E-state index in [0.717, 1.165) is 94.3 Å². The van der Waals surface area contributed by atoms with Crippen LogP contribution >= 0.6 is 0 Å². The molecule has 3 nitrogen and oxygen atoms in total. The van der Waals surface area contributed by atoms with E-state index >= 15 is 17.6 Å². The summed E-state index contributed by atoms with van der Waals surface area (Å²) >= 11 is 0. The van der Waals surface area contributed by atoms with Crippen molar-refractivity contribution < 1.29 is 22.0 Å². The Bertz CT molecular complexity index is 4630. The van der Waals surface area contributed by atoms with Crippen LogP contribution in [-0.2, 0) is 10.8 Å². The Balaban J connectivity index is 0.989. The van der Waals surface area contributed by atoms with E-state index in [1.807, 2.05) is 82.6 Å². The quantitative estimate of drug-likeness (QED) is 0.0898. The van der Waals surface area contributed by atoms with Gasteiger partial charge in [-0.1, -0.05) is 176 Å². The highest BCUT2D eigenvalue weighted by molar-refractivity contribution is 6.19. The lowest BCUT2D eigenvalue weighted by Gasteiger charge is -2.40. The number of allylic oxidation sites excluding steroid dienone is 14. The number of fused-ring (bicyclic) bond motifs is 8. The van der Waals surface area contributed by atoms with Crippen LogP contribution in [0.4, 0.5) is 51.7 Å². The fourth-order valence-electron chi connectivity index (χ4n) is 14.7. The third-order valence-corrected chi connectivity index (χ3v) is 18.3. The Morgan fingerprint density at radius 2 is 1.09 bits per heavy atom. The first-order valence-corrected chi connectivity index (χ1v) is 29.1. The molecule has 0 radical (unpaired) electrons. The molecule has 9 aromatic carbocycles. The maximum Gasteiger partial charge on any atom is 0.150 e. The zero-order valence-electron chi connectivity index (χ0n) is 46.5. The van der Waals surface area contributed by atoms with Crippen molar-refractivity contribution in [3.8, 4) is 11.1 Å². The van der Waals surface area contributed by atoms with E-state index in [4.69, 9.17) is 4.42 Å². The fourth-order valence-corrected chi connectivity index (χ4v) is 14.7. The molecule has 0 saturated heterocycles. The molecular weight excluding hydrogens is 1060 g/mol. The van der Waals surface area contributed by atoms with Crippen LogP contribution < -0.4 is 9.80 Å². The molecule has 1 aromatic heterocycles. The summed E-state index contributed by atoms with van der Waals surface area (Å²) < 4.78 is 72.0. The first kappa shape index (κ1) is 51.9. The highest BCUT2D eigenvalue weighted by Gasteiger charge is 2.50. The van der Waals surface area contributed by atoms with E-state index < -0.39 is 34.1 Å². The van der Waals surface area contributed by atoms with Crippen LogP contribution in [0.3, 0.4) is 0 Å². The lowest BCUT2D eigenvalue weighted by molar-refractivity contribution is 0.583. The zero-order chi connectivity index (χ0) is 57.6. The largest absolute Gasteiger partial charge is 0.456 e. The van der Waals surface area contributed by atoms with Crippen molar-refractivity contribution in [2.45, 2.75) is 42.9 Å². The summed E-state index contributed by atoms with van der Waals surface area (Å²) in [5, 5.41) is 1.19. The normalized spacial score (nSPS) is 19.2. The van der Waals surface area contributed by atoms with E-state index in [2.05, 4.69) is 153 Å². The summed E-state index contributed by atoms with van der Waals surface area (Å²) in [5.41, 5.74) is 16.6. The van der Waals surface area contributed by atoms with Crippen LogP contribution in [0.2, 0.25) is 0 Å². The first-order chi connectivity index (χ1) is 41.7. The Labute approximate surface area is 491 Å². The summed E-state index contributed by atoms with van der Waals surface area (Å²) in [6, 6.07) is 61.1. The van der Waals surface area contributed by atoms with Gasteiger partial charge in [0.1, 0.15) is 34.4 Å². The third kappa shape index (κ3) is 7.93. The van der Waals surface area contributed by atoms with E-state index in [-0.39, 0.29) is 17.3 Å². The monoisotopic (exact) mass is 1110 g/mol. The molecule has 0 N–H and O–H groups in total. The number of halogens is 4. The zero-order valence-corrected chi connectivity index (χ0v) is 46.5. The molecule has 85 heavy (non-hydrogen) atoms. The topological polar surface area (TPSA) is 19.6 Å². The molecule has 5 aliphatic carbocycles. The standard InChI is InChI=1S/C78H56F4N2O/c1-3-49-29-33-53(34-30-49)77(51-17-7-5-8-18-51)63-23-13-11-21-59(63)61-41-39-57(47-65(61)77)83(69-43-37-55(79)45-67(69)81)71-25-15-27-73-75(71)76-72(26-16-28-74(76)85-73)84(70-44-38-56(80)46-68(70)82)58-40-42-62-60-22-12-14-24-64(60)78(66(62)48-58,52-19-9-6-10-20-52)54-35-31-50(4-2)32-36-54/h3-13,15-23,25-29,31,33-35,37-49H,1-2,14,24,30,32,36H2. The maximum atomic E-state index is 17.3. The third-order valence-electron chi connectivity index (χ3n) is 18.3. The molecule has 0 saturated carbocycles. The number of hydrogen-bond donors (Lipinski definition) is 0. The second kappa shape index (κ2) is 20.4. The molecule has 412 valence electrons. The minimum absolute atomic E-state index is 0.0991. The Morgan fingerprint density at radius 3 is 1.67 bits per heavy atom. The fraction of sp³-hybridized carbons (Fsp3) is 0.103. The Morgan fingerprint density at radius 1 is 0.506 bits per heavy atom. The van der Waals surface area contributed by atoms with Gasteiger partial charge in [0.05, 0.1) is 44.4 Å². The molecule has 0 amide bonds. The van der Waals surface area contributed by atoms with E-state index in [1.165, 1.54) is 46.6 Å². The molecule has 10 aromatic rings. The summed E-state index contributed by atoms with van der Waals surface area (Å²) in [6.07, 6.45) is 23.8. The van der Waals surface area contributed by atoms with Crippen molar-refractivity contribution in [2.75, 3.05) is 9.80 Å². The van der Waals surface area contributed by atoms with Gasteiger partial charge >= 0.3 is 0 Å². The second-order valence-corrected chi connectivity index (χ2v) is 22.6. The van der Waals surface area contributed by atoms with Crippen molar-refractivity contribution in [3.05, 3.63) is 341 Å². The highest BCUT2D eigenvalue weighted by atomic mass is 19.1. The van der Waals surface area contributed by atoms with Crippen molar-refractivity contribution in [1.29, 1.82) is 0 Å². The molecule has 3 atom stereocenters. The second-order valence-electron chi connectivity index (χ2n) is 22.6. The van der Waals surface area contributed by atoms with E-state index in [9.17, 15) is 0 Å². The molecule has 5 aliphatic rings. The average molecular weight is 1110 g/mol. The van der Waals surface area contributed by atoms with Crippen LogP contribution in [0, 0.1) is 29.2 Å². The van der Waals surface area contributed by atoms with E-state index in [1.54, 1.807) is 0 Å². The van der Waals surface area contributed by atoms with Crippen molar-refractivity contribution in [2.24, 2.45) is 5.92 Å². The van der Waals surface area contributed by atoms with Crippen molar-refractivity contribution in [1.82, 2.24) is 0 Å². The van der Waals surface area contributed by atoms with Gasteiger partial charge < -0.3 is 14.2 Å². The minimum atomic E-state index is -0.794. The van der Waals surface area contributed by atoms with Gasteiger partial charge in [-0.2, -0.15) is 0 Å². The van der Waals surface area contributed by atoms with Crippen LogP contribution in [0.25, 0.3) is 38.6 Å². The number of anilines is 6. The van der Waals surface area contributed by atoms with Crippen LogP contribution in [0.5, 0.6) is 0 Å². The molecule has 15 rings (SSSR count). The lowest BCUT2D eigenvalue weighted by Crippen LogP contribution is -2.32. The maximum absolute atomic E-state index is 17.3. The minimum Gasteiger partial charge on any atom is -0.456 e. The molecular formula is C78H56F4N2O. The molecule has 7 heteroatoms. The van der Waals surface area contributed by atoms with Gasteiger partial charge in [0, 0.05) is 23.5 Å². The Kier molecular flexibility index (Phi) is 12.5. The number of furan rings is 1. The predicted molar refractivity (Wildman–Crippen MR) is 338 cm³/mol. The molecule has 0 spiro atoms. The van der Waals surface area contributed by atoms with Gasteiger partial charge in [-0.3, -0.25) is 0 Å². The van der Waals surface area contributed by atoms with E-state index in [0.29, 0.717) is 44.7 Å². The van der Waals surface area contributed by atoms with Crippen molar-refractivity contribution >= 4 is 61.6 Å². The van der Waals surface area contributed by atoms with Crippen LogP contribution in [0.1, 0.15) is 65.5 Å². The summed E-state index contributed by atoms with van der Waals surface area (Å²) in [5.74, 6) is -2.80. The van der Waals surface area contributed by atoms with Gasteiger partial charge in [-0.25, -0.2) is 17.6 Å². The summed E-state index contributed by atoms with van der Waals surface area (Å²) in [6.45, 7) is 8.22. The lowest BCUT2D eigenvalue weighted by atomic mass is 9.63. The molecule has 0 aliphatic heterocycles. The van der Waals surface area contributed by atoms with Crippen molar-refractivity contribution in [3.63, 3.8) is 0 Å². The van der Waals surface area contributed by atoms with Crippen LogP contribution in [0.15, 0.2) is 289 Å². The smallest absolute Gasteiger partial charge is 0.150 e. The predicted octanol–water partition coefficient (Wildman–Crippen LogP) is 21.3. The Hall–Kier alpha value is -9.98. The van der Waals surface area contributed by atoms with Gasteiger partial charge in [0.15, 0.2) is 0 Å².